The fraction of sp³-hybridized carbons (Fsp3) is 0.0698. The van der Waals surface area contributed by atoms with E-state index < -0.39 is 10.8 Å². The molecule has 6 heterocycles. The van der Waals surface area contributed by atoms with E-state index in [4.69, 9.17) is 19.9 Å². The van der Waals surface area contributed by atoms with Crippen molar-refractivity contribution < 1.29 is 9.59 Å². The number of carbonyl (C=O) groups excluding carboxylic acids is 2. The highest BCUT2D eigenvalue weighted by molar-refractivity contribution is 7.32. The Hall–Kier alpha value is -11.8. The summed E-state index contributed by atoms with van der Waals surface area (Å²) >= 11 is 9.31. The first-order chi connectivity index (χ1) is 49.8. The molecular weight excluding hydrogens is 1370 g/mol. The Balaban J connectivity index is 0.795. The normalized spacial score (nSPS) is 15.0. The van der Waals surface area contributed by atoms with Crippen molar-refractivity contribution in [1.82, 2.24) is 19.9 Å². The molecule has 0 spiro atoms. The molecule has 0 aliphatic heterocycles. The van der Waals surface area contributed by atoms with Crippen LogP contribution in [0.5, 0.6) is 0 Å². The smallest absolute Gasteiger partial charge is 0.194 e. The number of aromatic nitrogens is 4. The third-order valence-corrected chi connectivity index (χ3v) is 27.0. The number of hydrogen-bond acceptors (Lipinski definition) is 16. The van der Waals surface area contributed by atoms with Crippen molar-refractivity contribution in [3.63, 3.8) is 0 Å². The molecule has 9 aromatic carbocycles. The van der Waals surface area contributed by atoms with Crippen molar-refractivity contribution in [2.24, 2.45) is 0 Å². The minimum atomic E-state index is -0.814. The standard InChI is InChI=1S/C86H46N8O2S6/c1-43-13-23-51(24-14-43)85(52-25-15-44(2)16-26-52)65-35-62-58-32-22-48-34-68(80-94-84-82(102-80)92-70(100-84)38-64-72(50(41-89)42-90)56-10-6-8-12-60(56)76(64)96)98-78(48)74(58)86(53-27-17-45(3)18-28-53,54-29-19-46(4)20-30-54)66(62)36-61(65)57-31-21-47-33-67(97-77(47)73(57)85)79-93-83-81(101-79)91-69(99-83)37-63-71(49(39-87)40-88)55-9-5-7-11-59(55)75(63)95/h5-38H,1-4H3. The molecule has 0 bridgehead atoms. The fourth-order valence-electron chi connectivity index (χ4n) is 15.9. The lowest BCUT2D eigenvalue weighted by Gasteiger charge is -2.36. The van der Waals surface area contributed by atoms with Gasteiger partial charge >= 0.3 is 0 Å². The zero-order valence-corrected chi connectivity index (χ0v) is 59.4. The Bertz CT molecular complexity index is 6040. The molecule has 0 radical (unpaired) electrons. The van der Waals surface area contributed by atoms with Gasteiger partial charge in [0.1, 0.15) is 55.5 Å². The Morgan fingerprint density at radius 1 is 0.363 bits per heavy atom. The first-order valence-corrected chi connectivity index (χ1v) is 37.7. The van der Waals surface area contributed by atoms with Crippen molar-refractivity contribution in [3.8, 4) is 66.3 Å². The second-order valence-electron chi connectivity index (χ2n) is 26.1. The van der Waals surface area contributed by atoms with Crippen LogP contribution in [0.2, 0.25) is 0 Å². The van der Waals surface area contributed by atoms with E-state index >= 15 is 0 Å². The lowest BCUT2D eigenvalue weighted by atomic mass is 9.65. The number of carbonyl (C=O) groups is 2. The van der Waals surface area contributed by atoms with Gasteiger partial charge in [-0.05, 0) is 153 Å². The number of benzene rings is 9. The number of aryl methyl sites for hydroxylation is 4. The van der Waals surface area contributed by atoms with E-state index in [0.29, 0.717) is 43.4 Å². The number of ketones is 2. The molecule has 4 aliphatic rings. The van der Waals surface area contributed by atoms with Gasteiger partial charge in [0.05, 0.1) is 20.6 Å². The van der Waals surface area contributed by atoms with E-state index in [1.165, 1.54) is 89.9 Å². The highest BCUT2D eigenvalue weighted by atomic mass is 32.1. The van der Waals surface area contributed by atoms with Gasteiger partial charge in [-0.2, -0.15) is 21.0 Å². The van der Waals surface area contributed by atoms with Crippen LogP contribution in [0.1, 0.15) is 109 Å². The minimum Gasteiger partial charge on any atom is -0.289 e. The van der Waals surface area contributed by atoms with Gasteiger partial charge in [0, 0.05) is 42.8 Å². The minimum absolute atomic E-state index is 0.120. The molecule has 0 amide bonds. The van der Waals surface area contributed by atoms with E-state index in [1.807, 2.05) is 24.3 Å². The third-order valence-electron chi connectivity index (χ3n) is 20.4. The Morgan fingerprint density at radius 2 is 0.696 bits per heavy atom. The van der Waals surface area contributed by atoms with Crippen LogP contribution in [-0.2, 0) is 10.8 Å². The summed E-state index contributed by atoms with van der Waals surface area (Å²) in [6.07, 6.45) is 3.40. The summed E-state index contributed by atoms with van der Waals surface area (Å²) in [5.74, 6) is -0.500. The highest BCUT2D eigenvalue weighted by Crippen LogP contribution is 2.66. The SMILES string of the molecule is Cc1ccc(C2(c3ccc(C)cc3)c3cc4c(cc3-c3ccc5cc(-c6nc7sc(C=C8C(=O)c9ccccc9C8=C(C#N)C#N)nc7s6)sc5c32)C(c2ccc(C)cc2)(c2ccc(C)cc2)c2c-4ccc3cc(-c4nc5sc(C=C6C(=O)c7ccccc7C6=C(C#N)C#N)nc5s4)sc23)cc1. The average molecular weight is 1420 g/mol. The molecule has 478 valence electrons. The quantitative estimate of drug-likeness (QED) is 0.105. The molecule has 0 unspecified atom stereocenters. The molecule has 0 saturated heterocycles. The summed E-state index contributed by atoms with van der Waals surface area (Å²) in [7, 11) is 0. The number of fused-ring (bicyclic) bond motifs is 14. The molecule has 16 heteroatoms. The fourth-order valence-corrected chi connectivity index (χ4v) is 22.5. The van der Waals surface area contributed by atoms with Gasteiger partial charge in [0.25, 0.3) is 0 Å². The van der Waals surface area contributed by atoms with E-state index in [9.17, 15) is 30.6 Å². The summed E-state index contributed by atoms with van der Waals surface area (Å²) in [6.45, 7) is 8.60. The van der Waals surface area contributed by atoms with Crippen molar-refractivity contribution in [3.05, 3.63) is 315 Å². The number of nitriles is 4. The molecule has 10 nitrogen and oxygen atoms in total. The van der Waals surface area contributed by atoms with Gasteiger partial charge < -0.3 is 0 Å². The van der Waals surface area contributed by atoms with Crippen molar-refractivity contribution in [1.29, 1.82) is 21.0 Å². The summed E-state index contributed by atoms with van der Waals surface area (Å²) in [5, 5.41) is 45.1. The van der Waals surface area contributed by atoms with Crippen LogP contribution in [0.15, 0.2) is 216 Å². The first-order valence-electron chi connectivity index (χ1n) is 32.8. The van der Waals surface area contributed by atoms with Crippen molar-refractivity contribution in [2.75, 3.05) is 0 Å². The zero-order valence-electron chi connectivity index (χ0n) is 54.5. The monoisotopic (exact) mass is 1410 g/mol. The molecule has 0 atom stereocenters. The molecule has 0 N–H and O–H groups in total. The molecule has 4 aliphatic carbocycles. The second kappa shape index (κ2) is 22.9. The number of nitrogens with zero attached hydrogens (tertiary/aromatic N) is 8. The predicted molar refractivity (Wildman–Crippen MR) is 413 cm³/mol. The average Bonchev–Trinajstić information content (AvgIpc) is 1.50. The van der Waals surface area contributed by atoms with Crippen LogP contribution in [-0.4, -0.2) is 31.5 Å². The summed E-state index contributed by atoms with van der Waals surface area (Å²) < 4.78 is 2.32. The Labute approximate surface area is 608 Å². The van der Waals surface area contributed by atoms with Crippen molar-refractivity contribution >= 4 is 142 Å². The molecule has 0 fully saturated rings. The lowest BCUT2D eigenvalue weighted by molar-refractivity contribution is 0.103. The maximum absolute atomic E-state index is 13.9. The van der Waals surface area contributed by atoms with E-state index in [0.717, 1.165) is 104 Å². The van der Waals surface area contributed by atoms with Crippen LogP contribution < -0.4 is 0 Å². The van der Waals surface area contributed by atoms with Gasteiger partial charge in [0.15, 0.2) is 30.9 Å². The number of rotatable bonds is 8. The number of thiophene rings is 2. The van der Waals surface area contributed by atoms with Crippen LogP contribution in [0.3, 0.4) is 0 Å². The van der Waals surface area contributed by atoms with Gasteiger partial charge in [0.2, 0.25) is 0 Å². The van der Waals surface area contributed by atoms with E-state index in [1.54, 1.807) is 83.4 Å². The van der Waals surface area contributed by atoms with E-state index in [2.05, 4.69) is 173 Å². The van der Waals surface area contributed by atoms with Crippen LogP contribution in [0.25, 0.3) is 105 Å². The molecular formula is C86H46N8O2S6. The Kier molecular flexibility index (Phi) is 13.7. The number of thiazole rings is 4. The van der Waals surface area contributed by atoms with Crippen LogP contribution in [0.4, 0.5) is 0 Å². The maximum atomic E-state index is 13.9. The van der Waals surface area contributed by atoms with E-state index in [-0.39, 0.29) is 33.9 Å². The largest absolute Gasteiger partial charge is 0.289 e. The molecule has 19 rings (SSSR count). The maximum Gasteiger partial charge on any atom is 0.194 e. The van der Waals surface area contributed by atoms with Gasteiger partial charge in [-0.15, -0.1) is 22.7 Å². The molecule has 102 heavy (non-hydrogen) atoms. The predicted octanol–water partition coefficient (Wildman–Crippen LogP) is 21.7. The van der Waals surface area contributed by atoms with Gasteiger partial charge in [-0.1, -0.05) is 237 Å². The van der Waals surface area contributed by atoms with Gasteiger partial charge in [-0.25, -0.2) is 19.9 Å². The summed E-state index contributed by atoms with van der Waals surface area (Å²) in [5.41, 5.74) is 20.1. The highest BCUT2D eigenvalue weighted by Gasteiger charge is 2.53. The van der Waals surface area contributed by atoms with Crippen LogP contribution in [0, 0.1) is 73.0 Å². The summed E-state index contributed by atoms with van der Waals surface area (Å²) in [4.78, 5) is 53.4. The number of Topliss-reactive ketones (excluding diaryl/α,β-unsaturated/α-hetero) is 2. The van der Waals surface area contributed by atoms with Gasteiger partial charge in [-0.3, -0.25) is 9.59 Å². The Morgan fingerprint density at radius 3 is 1.03 bits per heavy atom. The molecule has 15 aromatic rings. The summed E-state index contributed by atoms with van der Waals surface area (Å²) in [6, 6.07) is 77.7. The third kappa shape index (κ3) is 8.79. The number of allylic oxidation sites excluding steroid dienone is 6. The first kappa shape index (κ1) is 61.3. The molecule has 6 aromatic heterocycles. The second-order valence-corrected chi connectivity index (χ2v) is 32.2. The lowest BCUT2D eigenvalue weighted by Crippen LogP contribution is -2.30. The number of hydrogen-bond donors (Lipinski definition) is 0. The van der Waals surface area contributed by atoms with Crippen LogP contribution >= 0.6 is 68.0 Å². The molecule has 0 saturated carbocycles. The zero-order chi connectivity index (χ0) is 69.2. The topological polar surface area (TPSA) is 181 Å². The van der Waals surface area contributed by atoms with Crippen molar-refractivity contribution in [2.45, 2.75) is 38.5 Å².